The van der Waals surface area contributed by atoms with E-state index in [2.05, 4.69) is 10.1 Å². The molecule has 176 valence electrons. The van der Waals surface area contributed by atoms with E-state index in [-0.39, 0.29) is 30.6 Å². The van der Waals surface area contributed by atoms with Gasteiger partial charge in [0.2, 0.25) is 12.7 Å². The monoisotopic (exact) mass is 470 g/mol. The Morgan fingerprint density at radius 1 is 1.00 bits per heavy atom. The lowest BCUT2D eigenvalue weighted by Crippen LogP contribution is -2.27. The van der Waals surface area contributed by atoms with Crippen LogP contribution in [-0.2, 0) is 16.8 Å². The van der Waals surface area contributed by atoms with Crippen LogP contribution in [0.25, 0.3) is 11.1 Å². The quantitative estimate of drug-likeness (QED) is 0.523. The maximum Gasteiger partial charge on any atom is 0.573 e. The molecule has 2 aliphatic rings. The minimum atomic E-state index is -4.87. The topological polar surface area (TPSA) is 82.8 Å². The van der Waals surface area contributed by atoms with E-state index in [4.69, 9.17) is 15.2 Å². The summed E-state index contributed by atoms with van der Waals surface area (Å²) >= 11 is 0. The van der Waals surface area contributed by atoms with Gasteiger partial charge in [0.05, 0.1) is 5.41 Å². The highest BCUT2D eigenvalue weighted by Gasteiger charge is 2.51. The molecule has 1 fully saturated rings. The van der Waals surface area contributed by atoms with E-state index in [0.29, 0.717) is 41.2 Å². The van der Waals surface area contributed by atoms with Crippen molar-refractivity contribution in [2.75, 3.05) is 12.1 Å². The lowest BCUT2D eigenvalue weighted by atomic mass is 9.94. The number of nitrogens with two attached hydrogens (primary N) is 1. The standard InChI is InChI=1S/C25H21F3N2O4/c26-25(27,28)34-20-8-6-17(12-19(20)18-4-2-1-3-15(18)13-29)30-23(31)24(9-10-24)16-5-7-21-22(11-16)33-14-32-21/h1-8,11-12H,9-10,13-14,29H2,(H,30,31). The Kier molecular flexibility index (Phi) is 5.36. The maximum absolute atomic E-state index is 13.3. The number of carbonyl (C=O) groups excluding carboxylic acids is 1. The second-order valence-electron chi connectivity index (χ2n) is 8.22. The van der Waals surface area contributed by atoms with E-state index in [1.807, 2.05) is 6.07 Å². The van der Waals surface area contributed by atoms with Crippen molar-refractivity contribution in [3.8, 4) is 28.4 Å². The summed E-state index contributed by atoms with van der Waals surface area (Å²) in [7, 11) is 0. The van der Waals surface area contributed by atoms with Gasteiger partial charge in [0.25, 0.3) is 0 Å². The van der Waals surface area contributed by atoms with Crippen molar-refractivity contribution in [2.24, 2.45) is 5.73 Å². The van der Waals surface area contributed by atoms with Crippen LogP contribution in [0.4, 0.5) is 18.9 Å². The summed E-state index contributed by atoms with van der Waals surface area (Å²) in [6.07, 6.45) is -3.57. The molecule has 3 aromatic carbocycles. The van der Waals surface area contributed by atoms with E-state index in [1.165, 1.54) is 18.2 Å². The molecule has 0 spiro atoms. The average Bonchev–Trinajstić information content (AvgIpc) is 3.50. The summed E-state index contributed by atoms with van der Waals surface area (Å²) in [4.78, 5) is 13.3. The number of benzene rings is 3. The summed E-state index contributed by atoms with van der Waals surface area (Å²) in [5.41, 5.74) is 7.57. The molecular formula is C25H21F3N2O4. The van der Waals surface area contributed by atoms with E-state index in [1.54, 1.807) is 36.4 Å². The minimum absolute atomic E-state index is 0.130. The molecule has 0 radical (unpaired) electrons. The first-order valence-electron chi connectivity index (χ1n) is 10.7. The van der Waals surface area contributed by atoms with Gasteiger partial charge in [-0.25, -0.2) is 0 Å². The number of hydrogen-bond donors (Lipinski definition) is 2. The molecule has 3 aromatic rings. The van der Waals surface area contributed by atoms with Crippen molar-refractivity contribution >= 4 is 11.6 Å². The SMILES string of the molecule is NCc1ccccc1-c1cc(NC(=O)C2(c3ccc4c(c3)OCO4)CC2)ccc1OC(F)(F)F. The molecule has 0 aromatic heterocycles. The first kappa shape index (κ1) is 22.1. The number of carbonyl (C=O) groups is 1. The van der Waals surface area contributed by atoms with E-state index in [0.717, 1.165) is 5.56 Å². The number of hydrogen-bond acceptors (Lipinski definition) is 5. The highest BCUT2D eigenvalue weighted by molar-refractivity contribution is 6.02. The molecule has 1 aliphatic heterocycles. The predicted octanol–water partition coefficient (Wildman–Crippen LogP) is 5.11. The third-order valence-electron chi connectivity index (χ3n) is 6.10. The Bertz CT molecular complexity index is 1260. The predicted molar refractivity (Wildman–Crippen MR) is 119 cm³/mol. The molecule has 0 bridgehead atoms. The van der Waals surface area contributed by atoms with Crippen LogP contribution < -0.4 is 25.3 Å². The summed E-state index contributed by atoms with van der Waals surface area (Å²) in [5, 5.41) is 2.87. The van der Waals surface area contributed by atoms with Gasteiger partial charge in [0.1, 0.15) is 5.75 Å². The zero-order valence-electron chi connectivity index (χ0n) is 17.9. The van der Waals surface area contributed by atoms with Gasteiger partial charge in [-0.2, -0.15) is 0 Å². The maximum atomic E-state index is 13.3. The largest absolute Gasteiger partial charge is 0.573 e. The molecule has 1 amide bonds. The molecule has 5 rings (SSSR count). The van der Waals surface area contributed by atoms with Gasteiger partial charge in [0, 0.05) is 17.8 Å². The third-order valence-corrected chi connectivity index (χ3v) is 6.10. The Labute approximate surface area is 193 Å². The number of amides is 1. The highest BCUT2D eigenvalue weighted by atomic mass is 19.4. The second-order valence-corrected chi connectivity index (χ2v) is 8.22. The fraction of sp³-hybridized carbons (Fsp3) is 0.240. The van der Waals surface area contributed by atoms with Gasteiger partial charge < -0.3 is 25.3 Å². The first-order chi connectivity index (χ1) is 16.3. The normalized spacial score (nSPS) is 15.6. The summed E-state index contributed by atoms with van der Waals surface area (Å²) in [5.74, 6) is 0.603. The second kappa shape index (κ2) is 8.25. The van der Waals surface area contributed by atoms with Crippen LogP contribution in [0.3, 0.4) is 0 Å². The number of ether oxygens (including phenoxy) is 3. The van der Waals surface area contributed by atoms with Crippen LogP contribution in [0.1, 0.15) is 24.0 Å². The van der Waals surface area contributed by atoms with Crippen LogP contribution in [0.15, 0.2) is 60.7 Å². The number of nitrogens with one attached hydrogen (secondary N) is 1. The van der Waals surface area contributed by atoms with Crippen molar-refractivity contribution in [2.45, 2.75) is 31.2 Å². The van der Waals surface area contributed by atoms with Gasteiger partial charge in [-0.3, -0.25) is 4.79 Å². The van der Waals surface area contributed by atoms with Crippen LogP contribution in [-0.4, -0.2) is 19.1 Å². The van der Waals surface area contributed by atoms with Crippen LogP contribution in [0.2, 0.25) is 0 Å². The molecule has 0 atom stereocenters. The number of anilines is 1. The molecule has 3 N–H and O–H groups in total. The molecule has 1 heterocycles. The lowest BCUT2D eigenvalue weighted by Gasteiger charge is -2.19. The van der Waals surface area contributed by atoms with E-state index in [9.17, 15) is 18.0 Å². The summed E-state index contributed by atoms with van der Waals surface area (Å²) in [6.45, 7) is 0.267. The smallest absolute Gasteiger partial charge is 0.454 e. The molecule has 6 nitrogen and oxygen atoms in total. The number of fused-ring (bicyclic) bond motifs is 1. The highest BCUT2D eigenvalue weighted by Crippen LogP contribution is 2.51. The summed E-state index contributed by atoms with van der Waals surface area (Å²) in [6, 6.07) is 16.3. The van der Waals surface area contributed by atoms with Gasteiger partial charge in [-0.05, 0) is 59.9 Å². The number of halogens is 3. The van der Waals surface area contributed by atoms with Gasteiger partial charge >= 0.3 is 6.36 Å². The fourth-order valence-corrected chi connectivity index (χ4v) is 4.21. The fourth-order valence-electron chi connectivity index (χ4n) is 4.21. The van der Waals surface area contributed by atoms with Crippen LogP contribution >= 0.6 is 0 Å². The number of rotatable bonds is 6. The van der Waals surface area contributed by atoms with Crippen molar-refractivity contribution in [3.63, 3.8) is 0 Å². The third kappa shape index (κ3) is 4.14. The van der Waals surface area contributed by atoms with Crippen molar-refractivity contribution in [1.29, 1.82) is 0 Å². The Hall–Kier alpha value is -3.72. The Morgan fingerprint density at radius 2 is 1.76 bits per heavy atom. The van der Waals surface area contributed by atoms with E-state index < -0.39 is 11.8 Å². The molecule has 9 heteroatoms. The molecule has 1 aliphatic carbocycles. The zero-order valence-corrected chi connectivity index (χ0v) is 17.9. The molecule has 0 saturated heterocycles. The molecular weight excluding hydrogens is 449 g/mol. The average molecular weight is 470 g/mol. The zero-order chi connectivity index (χ0) is 23.9. The van der Waals surface area contributed by atoms with Crippen molar-refractivity contribution in [3.05, 3.63) is 71.8 Å². The minimum Gasteiger partial charge on any atom is -0.454 e. The van der Waals surface area contributed by atoms with Gasteiger partial charge in [0.15, 0.2) is 11.5 Å². The Balaban J connectivity index is 1.47. The van der Waals surface area contributed by atoms with Crippen molar-refractivity contribution < 1.29 is 32.2 Å². The molecule has 0 unspecified atom stereocenters. The van der Waals surface area contributed by atoms with Crippen molar-refractivity contribution in [1.82, 2.24) is 0 Å². The van der Waals surface area contributed by atoms with Gasteiger partial charge in [-0.15, -0.1) is 13.2 Å². The molecule has 1 saturated carbocycles. The van der Waals surface area contributed by atoms with Crippen LogP contribution in [0.5, 0.6) is 17.2 Å². The number of alkyl halides is 3. The first-order valence-corrected chi connectivity index (χ1v) is 10.7. The Morgan fingerprint density at radius 3 is 2.50 bits per heavy atom. The van der Waals surface area contributed by atoms with E-state index >= 15 is 0 Å². The molecule has 34 heavy (non-hydrogen) atoms. The lowest BCUT2D eigenvalue weighted by molar-refractivity contribution is -0.274. The summed E-state index contributed by atoms with van der Waals surface area (Å²) < 4.78 is 54.2. The van der Waals surface area contributed by atoms with Gasteiger partial charge in [-0.1, -0.05) is 30.3 Å². The van der Waals surface area contributed by atoms with Crippen LogP contribution in [0, 0.1) is 0 Å².